The van der Waals surface area contributed by atoms with Crippen LogP contribution in [0, 0.1) is 0 Å². The molecule has 5 nitrogen and oxygen atoms in total. The Morgan fingerprint density at radius 1 is 1.62 bits per heavy atom. The Balaban J connectivity index is 2.64. The summed E-state index contributed by atoms with van der Waals surface area (Å²) in [6.07, 6.45) is 2.78. The standard InChI is InChI=1S/C11H20N4O/c1-5-9-8(7-15(4)14-9)6-13-10(16)11(2,3)12/h7H,5-6,12H2,1-4H3,(H,13,16). The third kappa shape index (κ3) is 3.06. The van der Waals surface area contributed by atoms with Crippen LogP contribution in [0.1, 0.15) is 32.0 Å². The van der Waals surface area contributed by atoms with Crippen LogP contribution in [0.15, 0.2) is 6.20 Å². The van der Waals surface area contributed by atoms with Crippen molar-refractivity contribution in [1.29, 1.82) is 0 Å². The first-order chi connectivity index (χ1) is 7.34. The molecule has 0 aliphatic rings. The summed E-state index contributed by atoms with van der Waals surface area (Å²) in [4.78, 5) is 11.6. The molecule has 0 saturated heterocycles. The minimum Gasteiger partial charge on any atom is -0.350 e. The predicted molar refractivity (Wildman–Crippen MR) is 62.7 cm³/mol. The van der Waals surface area contributed by atoms with Crippen molar-refractivity contribution in [2.75, 3.05) is 0 Å². The van der Waals surface area contributed by atoms with E-state index >= 15 is 0 Å². The van der Waals surface area contributed by atoms with Gasteiger partial charge in [-0.3, -0.25) is 9.48 Å². The molecular weight excluding hydrogens is 204 g/mol. The summed E-state index contributed by atoms with van der Waals surface area (Å²) in [7, 11) is 1.87. The zero-order valence-corrected chi connectivity index (χ0v) is 10.4. The molecule has 0 unspecified atom stereocenters. The molecule has 1 aromatic rings. The van der Waals surface area contributed by atoms with E-state index in [2.05, 4.69) is 10.4 Å². The van der Waals surface area contributed by atoms with Crippen LogP contribution in [0.4, 0.5) is 0 Å². The largest absolute Gasteiger partial charge is 0.350 e. The maximum atomic E-state index is 11.6. The molecule has 0 saturated carbocycles. The minimum absolute atomic E-state index is 0.154. The van der Waals surface area contributed by atoms with Crippen molar-refractivity contribution in [3.63, 3.8) is 0 Å². The van der Waals surface area contributed by atoms with Crippen molar-refractivity contribution in [2.45, 2.75) is 39.3 Å². The van der Waals surface area contributed by atoms with Gasteiger partial charge in [0.2, 0.25) is 5.91 Å². The summed E-state index contributed by atoms with van der Waals surface area (Å²) < 4.78 is 1.76. The Morgan fingerprint density at radius 2 is 2.25 bits per heavy atom. The van der Waals surface area contributed by atoms with Gasteiger partial charge in [0.1, 0.15) is 0 Å². The SMILES string of the molecule is CCc1nn(C)cc1CNC(=O)C(C)(C)N. The molecule has 0 radical (unpaired) electrons. The maximum Gasteiger partial charge on any atom is 0.239 e. The van der Waals surface area contributed by atoms with E-state index in [-0.39, 0.29) is 5.91 Å². The Hall–Kier alpha value is -1.36. The molecule has 0 aliphatic carbocycles. The van der Waals surface area contributed by atoms with Crippen LogP contribution < -0.4 is 11.1 Å². The molecule has 1 aromatic heterocycles. The number of hydrogen-bond donors (Lipinski definition) is 2. The van der Waals surface area contributed by atoms with Gasteiger partial charge in [0, 0.05) is 25.4 Å². The number of amides is 1. The van der Waals surface area contributed by atoms with Crippen LogP contribution in [0.25, 0.3) is 0 Å². The summed E-state index contributed by atoms with van der Waals surface area (Å²) in [5.41, 5.74) is 6.90. The number of nitrogens with zero attached hydrogens (tertiary/aromatic N) is 2. The van der Waals surface area contributed by atoms with E-state index in [0.717, 1.165) is 17.7 Å². The Morgan fingerprint density at radius 3 is 2.75 bits per heavy atom. The van der Waals surface area contributed by atoms with Gasteiger partial charge in [-0.15, -0.1) is 0 Å². The number of nitrogens with one attached hydrogen (secondary N) is 1. The smallest absolute Gasteiger partial charge is 0.239 e. The Bertz CT molecular complexity index is 376. The third-order valence-electron chi connectivity index (χ3n) is 2.35. The van der Waals surface area contributed by atoms with Crippen molar-refractivity contribution in [1.82, 2.24) is 15.1 Å². The van der Waals surface area contributed by atoms with Crippen LogP contribution in [-0.2, 0) is 24.8 Å². The second-order valence-corrected chi connectivity index (χ2v) is 4.53. The average Bonchev–Trinajstić information content (AvgIpc) is 2.53. The lowest BCUT2D eigenvalue weighted by atomic mass is 10.1. The van der Waals surface area contributed by atoms with E-state index in [1.165, 1.54) is 0 Å². The van der Waals surface area contributed by atoms with E-state index in [0.29, 0.717) is 6.54 Å². The van der Waals surface area contributed by atoms with Gasteiger partial charge < -0.3 is 11.1 Å². The van der Waals surface area contributed by atoms with E-state index in [4.69, 9.17) is 5.73 Å². The van der Waals surface area contributed by atoms with Crippen molar-refractivity contribution in [2.24, 2.45) is 12.8 Å². The highest BCUT2D eigenvalue weighted by Crippen LogP contribution is 2.07. The highest BCUT2D eigenvalue weighted by molar-refractivity contribution is 5.84. The van der Waals surface area contributed by atoms with E-state index in [9.17, 15) is 4.79 Å². The lowest BCUT2D eigenvalue weighted by molar-refractivity contribution is -0.125. The number of carbonyl (C=O) groups is 1. The molecular formula is C11H20N4O. The fourth-order valence-corrected chi connectivity index (χ4v) is 1.43. The molecule has 16 heavy (non-hydrogen) atoms. The first kappa shape index (κ1) is 12.7. The molecule has 0 aliphatic heterocycles. The zero-order chi connectivity index (χ0) is 12.3. The van der Waals surface area contributed by atoms with Crippen LogP contribution in [0.3, 0.4) is 0 Å². The lowest BCUT2D eigenvalue weighted by Gasteiger charge is -2.17. The lowest BCUT2D eigenvalue weighted by Crippen LogP contribution is -2.48. The number of hydrogen-bond acceptors (Lipinski definition) is 3. The molecule has 90 valence electrons. The van der Waals surface area contributed by atoms with E-state index in [1.807, 2.05) is 20.2 Å². The van der Waals surface area contributed by atoms with Crippen molar-refractivity contribution < 1.29 is 4.79 Å². The van der Waals surface area contributed by atoms with Crippen LogP contribution in [0.2, 0.25) is 0 Å². The number of aromatic nitrogens is 2. The summed E-state index contributed by atoms with van der Waals surface area (Å²) in [5, 5.41) is 7.11. The molecule has 5 heteroatoms. The van der Waals surface area contributed by atoms with Crippen LogP contribution in [-0.4, -0.2) is 21.2 Å². The van der Waals surface area contributed by atoms with Gasteiger partial charge in [0.25, 0.3) is 0 Å². The van der Waals surface area contributed by atoms with Gasteiger partial charge in [0.05, 0.1) is 11.2 Å². The molecule has 1 heterocycles. The molecule has 0 spiro atoms. The van der Waals surface area contributed by atoms with Gasteiger partial charge in [-0.1, -0.05) is 6.92 Å². The molecule has 1 rings (SSSR count). The second kappa shape index (κ2) is 4.65. The molecule has 1 amide bonds. The quantitative estimate of drug-likeness (QED) is 0.774. The van der Waals surface area contributed by atoms with Crippen molar-refractivity contribution >= 4 is 5.91 Å². The van der Waals surface area contributed by atoms with E-state index in [1.54, 1.807) is 18.5 Å². The highest BCUT2D eigenvalue weighted by atomic mass is 16.2. The van der Waals surface area contributed by atoms with Crippen molar-refractivity contribution in [3.05, 3.63) is 17.5 Å². The third-order valence-corrected chi connectivity index (χ3v) is 2.35. The first-order valence-electron chi connectivity index (χ1n) is 5.43. The molecule has 0 fully saturated rings. The van der Waals surface area contributed by atoms with Gasteiger partial charge in [-0.05, 0) is 20.3 Å². The molecule has 0 atom stereocenters. The maximum absolute atomic E-state index is 11.6. The van der Waals surface area contributed by atoms with E-state index < -0.39 is 5.54 Å². The molecule has 3 N–H and O–H groups in total. The van der Waals surface area contributed by atoms with Gasteiger partial charge in [-0.2, -0.15) is 5.10 Å². The fraction of sp³-hybridized carbons (Fsp3) is 0.636. The monoisotopic (exact) mass is 224 g/mol. The number of aryl methyl sites for hydroxylation is 2. The van der Waals surface area contributed by atoms with Gasteiger partial charge in [-0.25, -0.2) is 0 Å². The van der Waals surface area contributed by atoms with Gasteiger partial charge in [0.15, 0.2) is 0 Å². The van der Waals surface area contributed by atoms with Crippen molar-refractivity contribution in [3.8, 4) is 0 Å². The molecule has 0 aromatic carbocycles. The minimum atomic E-state index is -0.839. The summed E-state index contributed by atoms with van der Waals surface area (Å²) >= 11 is 0. The number of carbonyl (C=O) groups excluding carboxylic acids is 1. The Labute approximate surface area is 96.0 Å². The summed E-state index contributed by atoms with van der Waals surface area (Å²) in [6.45, 7) is 5.90. The average molecular weight is 224 g/mol. The van der Waals surface area contributed by atoms with Crippen LogP contribution >= 0.6 is 0 Å². The summed E-state index contributed by atoms with van der Waals surface area (Å²) in [6, 6.07) is 0. The number of rotatable bonds is 4. The highest BCUT2D eigenvalue weighted by Gasteiger charge is 2.21. The molecule has 0 bridgehead atoms. The zero-order valence-electron chi connectivity index (χ0n) is 10.4. The van der Waals surface area contributed by atoms with Crippen LogP contribution in [0.5, 0.6) is 0 Å². The van der Waals surface area contributed by atoms with Gasteiger partial charge >= 0.3 is 0 Å². The normalized spacial score (nSPS) is 11.6. The predicted octanol–water partition coefficient (Wildman–Crippen LogP) is 0.336. The summed E-state index contributed by atoms with van der Waals surface area (Å²) in [5.74, 6) is -0.154. The first-order valence-corrected chi connectivity index (χ1v) is 5.43. The second-order valence-electron chi connectivity index (χ2n) is 4.53. The number of nitrogens with two attached hydrogens (primary N) is 1. The fourth-order valence-electron chi connectivity index (χ4n) is 1.43. The topological polar surface area (TPSA) is 72.9 Å². The Kier molecular flexibility index (Phi) is 3.70.